The van der Waals surface area contributed by atoms with Gasteiger partial charge in [-0.2, -0.15) is 0 Å². The van der Waals surface area contributed by atoms with Crippen LogP contribution in [0.3, 0.4) is 0 Å². The Morgan fingerprint density at radius 2 is 1.81 bits per heavy atom. The van der Waals surface area contributed by atoms with Crippen molar-refractivity contribution >= 4 is 46.2 Å². The van der Waals surface area contributed by atoms with Crippen LogP contribution in [0.15, 0.2) is 56.5 Å². The molecule has 1 aliphatic heterocycles. The first kappa shape index (κ1) is 28.9. The Labute approximate surface area is 246 Å². The number of hydrogen-bond donors (Lipinski definition) is 3. The van der Waals surface area contributed by atoms with Crippen molar-refractivity contribution in [3.63, 3.8) is 0 Å². The number of carbonyl (C=O) groups excluding carboxylic acids is 1. The quantitative estimate of drug-likeness (QED) is 0.199. The van der Waals surface area contributed by atoms with E-state index in [1.165, 1.54) is 23.1 Å². The SMILES string of the molecule is CCOc1ccc(C(=O)O)c(N2Cc3c(Cl)ccc(Nc4c(N[C@@H](c5ccc(C)o5)C(C)(C)C)c(=O)c4=O)c3C2=O)c1. The zero-order chi connectivity index (χ0) is 30.5. The van der Waals surface area contributed by atoms with E-state index in [1.54, 1.807) is 19.1 Å². The van der Waals surface area contributed by atoms with Gasteiger partial charge < -0.3 is 29.8 Å². The summed E-state index contributed by atoms with van der Waals surface area (Å²) in [7, 11) is 0. The van der Waals surface area contributed by atoms with Crippen LogP contribution in [0.1, 0.15) is 71.5 Å². The zero-order valence-corrected chi connectivity index (χ0v) is 24.5. The van der Waals surface area contributed by atoms with Gasteiger partial charge in [-0.1, -0.05) is 32.4 Å². The highest BCUT2D eigenvalue weighted by Gasteiger charge is 2.37. The summed E-state index contributed by atoms with van der Waals surface area (Å²) in [6.45, 7) is 9.91. The normalized spacial score (nSPS) is 13.8. The van der Waals surface area contributed by atoms with Crippen LogP contribution in [0.25, 0.3) is 0 Å². The highest BCUT2D eigenvalue weighted by atomic mass is 35.5. The average Bonchev–Trinajstić information content (AvgIpc) is 3.51. The molecule has 10 nitrogen and oxygen atoms in total. The van der Waals surface area contributed by atoms with Crippen LogP contribution in [0.4, 0.5) is 22.7 Å². The summed E-state index contributed by atoms with van der Waals surface area (Å²) in [5.41, 5.74) is -0.763. The van der Waals surface area contributed by atoms with Crippen molar-refractivity contribution in [3.05, 3.63) is 96.1 Å². The van der Waals surface area contributed by atoms with Crippen LogP contribution in [0.2, 0.25) is 5.02 Å². The van der Waals surface area contributed by atoms with Crippen molar-refractivity contribution in [2.75, 3.05) is 22.1 Å². The number of aryl methyl sites for hydroxylation is 1. The number of carboxylic acid groups (broad SMARTS) is 1. The van der Waals surface area contributed by atoms with Gasteiger partial charge in [0.15, 0.2) is 0 Å². The predicted octanol–water partition coefficient (Wildman–Crippen LogP) is 6.04. The minimum atomic E-state index is -1.21. The fourth-order valence-corrected chi connectivity index (χ4v) is 5.32. The molecule has 0 fully saturated rings. The topological polar surface area (TPSA) is 138 Å². The average molecular weight is 592 g/mol. The van der Waals surface area contributed by atoms with Gasteiger partial charge in [-0.3, -0.25) is 14.4 Å². The lowest BCUT2D eigenvalue weighted by molar-refractivity contribution is 0.0697. The van der Waals surface area contributed by atoms with E-state index in [-0.39, 0.29) is 40.4 Å². The van der Waals surface area contributed by atoms with Gasteiger partial charge in [0.25, 0.3) is 16.8 Å². The van der Waals surface area contributed by atoms with E-state index in [4.69, 9.17) is 20.8 Å². The lowest BCUT2D eigenvalue weighted by atomic mass is 9.85. The standard InChI is InChI=1S/C31H30ClN3O7/c1-6-41-16-8-9-17(30(39)40)21(13-16)35-14-18-19(32)10-11-20(23(18)29(35)38)33-24-25(27(37)26(24)36)34-28(31(3,4)5)22-12-7-15(2)42-22/h7-13,28,33-34H,6,14H2,1-5H3,(H,39,40)/t28-/m0/s1. The maximum absolute atomic E-state index is 13.8. The highest BCUT2D eigenvalue weighted by Crippen LogP contribution is 2.41. The molecule has 0 spiro atoms. The Kier molecular flexibility index (Phi) is 7.36. The number of hydrogen-bond acceptors (Lipinski definition) is 8. The number of nitrogens with one attached hydrogen (secondary N) is 2. The van der Waals surface area contributed by atoms with Crippen molar-refractivity contribution in [3.8, 4) is 5.75 Å². The van der Waals surface area contributed by atoms with Crippen molar-refractivity contribution in [2.45, 2.75) is 47.2 Å². The van der Waals surface area contributed by atoms with Crippen LogP contribution in [0, 0.1) is 12.3 Å². The summed E-state index contributed by atoms with van der Waals surface area (Å²) >= 11 is 6.49. The Balaban J connectivity index is 1.52. The molecule has 0 unspecified atom stereocenters. The van der Waals surface area contributed by atoms with E-state index in [9.17, 15) is 24.3 Å². The number of ether oxygens (including phenoxy) is 1. The number of anilines is 4. The van der Waals surface area contributed by atoms with Crippen LogP contribution < -0.4 is 31.1 Å². The fourth-order valence-electron chi connectivity index (χ4n) is 5.11. The van der Waals surface area contributed by atoms with Crippen LogP contribution in [-0.2, 0) is 6.54 Å². The monoisotopic (exact) mass is 591 g/mol. The number of carboxylic acids is 1. The first-order valence-corrected chi connectivity index (χ1v) is 13.8. The molecule has 5 rings (SSSR count). The molecule has 1 atom stereocenters. The van der Waals surface area contributed by atoms with Gasteiger partial charge in [-0.15, -0.1) is 0 Å². The van der Waals surface area contributed by atoms with Crippen LogP contribution in [-0.4, -0.2) is 23.6 Å². The second-order valence-corrected chi connectivity index (χ2v) is 11.6. The Hall–Kier alpha value is -4.57. The molecule has 0 saturated carbocycles. The minimum absolute atomic E-state index is 0.000642. The molecule has 0 aliphatic carbocycles. The zero-order valence-electron chi connectivity index (χ0n) is 23.8. The molecule has 1 aromatic heterocycles. The van der Waals surface area contributed by atoms with Gasteiger partial charge in [0.05, 0.1) is 41.7 Å². The summed E-state index contributed by atoms with van der Waals surface area (Å²) in [5.74, 6) is 0.00638. The molecule has 3 aromatic carbocycles. The number of aromatic carboxylic acids is 1. The molecule has 0 radical (unpaired) electrons. The number of rotatable bonds is 9. The third-order valence-corrected chi connectivity index (χ3v) is 7.56. The fraction of sp³-hybridized carbons (Fsp3) is 0.290. The van der Waals surface area contributed by atoms with Crippen LogP contribution >= 0.6 is 11.6 Å². The number of furan rings is 1. The van der Waals surface area contributed by atoms with Gasteiger partial charge in [-0.05, 0) is 55.7 Å². The van der Waals surface area contributed by atoms with Crippen molar-refractivity contribution in [2.24, 2.45) is 5.41 Å². The summed E-state index contributed by atoms with van der Waals surface area (Å²) in [5, 5.41) is 16.3. The highest BCUT2D eigenvalue weighted by molar-refractivity contribution is 6.33. The molecule has 0 bridgehead atoms. The molecule has 1 amide bonds. The van der Waals surface area contributed by atoms with E-state index in [2.05, 4.69) is 10.6 Å². The first-order valence-electron chi connectivity index (χ1n) is 13.4. The molecule has 4 aromatic rings. The first-order chi connectivity index (χ1) is 19.8. The molecule has 3 N–H and O–H groups in total. The number of halogens is 1. The molecule has 0 saturated heterocycles. The van der Waals surface area contributed by atoms with Gasteiger partial charge in [-0.25, -0.2) is 4.79 Å². The third-order valence-electron chi connectivity index (χ3n) is 7.20. The van der Waals surface area contributed by atoms with Gasteiger partial charge >= 0.3 is 5.97 Å². The lowest BCUT2D eigenvalue weighted by Gasteiger charge is -2.31. The van der Waals surface area contributed by atoms with E-state index >= 15 is 0 Å². The summed E-state index contributed by atoms with van der Waals surface area (Å²) in [6.07, 6.45) is 0. The maximum Gasteiger partial charge on any atom is 0.337 e. The number of amides is 1. The number of carbonyl (C=O) groups is 2. The molecule has 218 valence electrons. The number of benzene rings is 2. The van der Waals surface area contributed by atoms with Gasteiger partial charge in [0.1, 0.15) is 28.6 Å². The summed E-state index contributed by atoms with van der Waals surface area (Å²) in [6, 6.07) is 10.8. The molecular weight excluding hydrogens is 562 g/mol. The van der Waals surface area contributed by atoms with E-state index in [0.29, 0.717) is 34.5 Å². The number of fused-ring (bicyclic) bond motifs is 1. The third kappa shape index (κ3) is 5.02. The van der Waals surface area contributed by atoms with Crippen LogP contribution in [0.5, 0.6) is 5.75 Å². The van der Waals surface area contributed by atoms with Gasteiger partial charge in [0.2, 0.25) is 0 Å². The van der Waals surface area contributed by atoms with Crippen molar-refractivity contribution in [1.29, 1.82) is 0 Å². The largest absolute Gasteiger partial charge is 0.494 e. The summed E-state index contributed by atoms with van der Waals surface area (Å²) < 4.78 is 11.4. The smallest absolute Gasteiger partial charge is 0.337 e. The second-order valence-electron chi connectivity index (χ2n) is 11.2. The maximum atomic E-state index is 13.8. The van der Waals surface area contributed by atoms with E-state index in [0.717, 1.165) is 0 Å². The van der Waals surface area contributed by atoms with Crippen molar-refractivity contribution < 1.29 is 23.8 Å². The lowest BCUT2D eigenvalue weighted by Crippen LogP contribution is -2.39. The minimum Gasteiger partial charge on any atom is -0.494 e. The Bertz CT molecular complexity index is 1790. The van der Waals surface area contributed by atoms with E-state index < -0.39 is 34.2 Å². The Morgan fingerprint density at radius 3 is 2.43 bits per heavy atom. The molecular formula is C31H30ClN3O7. The van der Waals surface area contributed by atoms with Gasteiger partial charge in [0, 0.05) is 16.7 Å². The molecule has 11 heteroatoms. The molecule has 42 heavy (non-hydrogen) atoms. The molecule has 1 aliphatic rings. The number of nitrogens with zero attached hydrogens (tertiary/aromatic N) is 1. The van der Waals surface area contributed by atoms with E-state index in [1.807, 2.05) is 39.8 Å². The molecule has 2 heterocycles. The summed E-state index contributed by atoms with van der Waals surface area (Å²) in [4.78, 5) is 52.6. The Morgan fingerprint density at radius 1 is 1.10 bits per heavy atom. The predicted molar refractivity (Wildman–Crippen MR) is 160 cm³/mol. The van der Waals surface area contributed by atoms with Crippen molar-refractivity contribution in [1.82, 2.24) is 0 Å². The second kappa shape index (κ2) is 10.7.